The zero-order valence-corrected chi connectivity index (χ0v) is 25.7. The van der Waals surface area contributed by atoms with Crippen LogP contribution in [0.15, 0.2) is 53.1 Å². The van der Waals surface area contributed by atoms with Crippen molar-refractivity contribution in [2.24, 2.45) is 0 Å². The molecule has 46 heavy (non-hydrogen) atoms. The zero-order chi connectivity index (χ0) is 32.5. The number of benzene rings is 2. The Morgan fingerprint density at radius 3 is 2.52 bits per heavy atom. The van der Waals surface area contributed by atoms with E-state index in [2.05, 4.69) is 30.9 Å². The molecular formula is C32H24BrF5N4O4. The van der Waals surface area contributed by atoms with Gasteiger partial charge in [-0.15, -0.1) is 0 Å². The summed E-state index contributed by atoms with van der Waals surface area (Å²) in [5.74, 6) is -5.09. The number of fused-ring (bicyclic) bond motifs is 1. The lowest BCUT2D eigenvalue weighted by molar-refractivity contribution is -0.0589. The zero-order valence-electron chi connectivity index (χ0n) is 24.1. The van der Waals surface area contributed by atoms with Crippen molar-refractivity contribution in [2.45, 2.75) is 39.0 Å². The molecule has 2 aromatic carbocycles. The van der Waals surface area contributed by atoms with Crippen molar-refractivity contribution in [1.82, 2.24) is 19.5 Å². The van der Waals surface area contributed by atoms with Crippen LogP contribution in [0, 0.1) is 29.1 Å². The lowest BCUT2D eigenvalue weighted by Gasteiger charge is -2.27. The number of esters is 1. The van der Waals surface area contributed by atoms with Crippen LogP contribution in [0.4, 0.5) is 22.0 Å². The summed E-state index contributed by atoms with van der Waals surface area (Å²) in [7, 11) is 0. The van der Waals surface area contributed by atoms with Crippen LogP contribution in [0.1, 0.15) is 40.8 Å². The molecule has 0 saturated carbocycles. The van der Waals surface area contributed by atoms with Gasteiger partial charge >= 0.3 is 5.97 Å². The summed E-state index contributed by atoms with van der Waals surface area (Å²) in [5, 5.41) is 0. The monoisotopic (exact) mass is 702 g/mol. The van der Waals surface area contributed by atoms with Crippen LogP contribution in [0.2, 0.25) is 0 Å². The third-order valence-electron chi connectivity index (χ3n) is 7.38. The minimum atomic E-state index is -0.897. The van der Waals surface area contributed by atoms with Gasteiger partial charge in [-0.1, -0.05) is 0 Å². The number of rotatable bonds is 10. The van der Waals surface area contributed by atoms with Crippen molar-refractivity contribution in [3.63, 3.8) is 0 Å². The Labute approximate surface area is 267 Å². The van der Waals surface area contributed by atoms with Gasteiger partial charge in [0.1, 0.15) is 41.1 Å². The summed E-state index contributed by atoms with van der Waals surface area (Å²) < 4.78 is 92.7. The first kappa shape index (κ1) is 31.5. The van der Waals surface area contributed by atoms with E-state index < -0.39 is 47.5 Å². The first-order valence-corrected chi connectivity index (χ1v) is 15.0. The number of nitrogens with zero attached hydrogens (tertiary/aromatic N) is 4. The quantitative estimate of drug-likeness (QED) is 0.113. The minimum Gasteiger partial charge on any atom is -0.469 e. The fraction of sp³-hybridized carbons (Fsp3) is 0.250. The van der Waals surface area contributed by atoms with Crippen LogP contribution >= 0.6 is 15.9 Å². The Kier molecular flexibility index (Phi) is 9.00. The fourth-order valence-electron chi connectivity index (χ4n) is 4.98. The van der Waals surface area contributed by atoms with E-state index in [0.29, 0.717) is 11.1 Å². The molecule has 0 aliphatic carbocycles. The second-order valence-corrected chi connectivity index (χ2v) is 11.3. The largest absolute Gasteiger partial charge is 0.469 e. The maximum Gasteiger partial charge on any atom is 0.338 e. The topological polar surface area (TPSA) is 88.4 Å². The Morgan fingerprint density at radius 2 is 1.80 bits per heavy atom. The van der Waals surface area contributed by atoms with Gasteiger partial charge in [0.2, 0.25) is 0 Å². The third kappa shape index (κ3) is 6.44. The van der Waals surface area contributed by atoms with Crippen molar-refractivity contribution in [2.75, 3.05) is 13.2 Å². The van der Waals surface area contributed by atoms with Crippen molar-refractivity contribution in [1.29, 1.82) is 0 Å². The van der Waals surface area contributed by atoms with Crippen molar-refractivity contribution < 1.29 is 41.0 Å². The number of hydrogen-bond donors (Lipinski definition) is 0. The van der Waals surface area contributed by atoms with Crippen LogP contribution in [0.25, 0.3) is 22.3 Å². The number of hydrogen-bond acceptors (Lipinski definition) is 7. The lowest BCUT2D eigenvalue weighted by Crippen LogP contribution is -2.31. The third-order valence-corrected chi connectivity index (χ3v) is 7.81. The predicted octanol–water partition coefficient (Wildman–Crippen LogP) is 7.09. The second-order valence-electron chi connectivity index (χ2n) is 10.4. The molecule has 14 heteroatoms. The number of ether oxygens (including phenoxy) is 3. The highest BCUT2D eigenvalue weighted by Crippen LogP contribution is 2.30. The predicted molar refractivity (Wildman–Crippen MR) is 159 cm³/mol. The Balaban J connectivity index is 1.30. The summed E-state index contributed by atoms with van der Waals surface area (Å²) in [5.41, 5.74) is -0.374. The maximum atomic E-state index is 15.5. The number of imidazole rings is 1. The molecule has 0 spiro atoms. The highest BCUT2D eigenvalue weighted by molar-refractivity contribution is 9.10. The molecule has 0 amide bonds. The number of carbonyl (C=O) groups excluding carboxylic acids is 1. The number of halogens is 6. The summed E-state index contributed by atoms with van der Waals surface area (Å²) in [6, 6.07) is 7.63. The van der Waals surface area contributed by atoms with Crippen molar-refractivity contribution in [3.8, 4) is 17.1 Å². The molecule has 1 fully saturated rings. The lowest BCUT2D eigenvalue weighted by atomic mass is 10.0. The van der Waals surface area contributed by atoms with E-state index in [9.17, 15) is 13.6 Å². The van der Waals surface area contributed by atoms with Gasteiger partial charge in [-0.2, -0.15) is 0 Å². The van der Waals surface area contributed by atoms with E-state index in [-0.39, 0.29) is 70.6 Å². The molecule has 1 atom stereocenters. The van der Waals surface area contributed by atoms with Gasteiger partial charge in [0, 0.05) is 29.3 Å². The molecule has 6 rings (SSSR count). The molecule has 1 saturated heterocycles. The average Bonchev–Trinajstić information content (AvgIpc) is 3.34. The summed E-state index contributed by atoms with van der Waals surface area (Å²) >= 11 is 3.09. The van der Waals surface area contributed by atoms with E-state index in [1.807, 2.05) is 0 Å². The molecule has 1 aliphatic rings. The standard InChI is InChI=1S/C32H24BrF5N4O4/c1-2-44-32(43)17-8-25(38)30-28(9-17)42(14-19-5-6-45-19)29(41-30)10-16-7-23(36)20(12-22(16)35)26-4-3-21(34)31(40-26)46-15-27-24(37)11-18(33)13-39-27/h3-4,7-9,11-13,19H,2,5-6,10,14-15H2,1H3/t19-/m0/s1. The Bertz CT molecular complexity index is 1970. The van der Waals surface area contributed by atoms with Crippen LogP contribution in [0.5, 0.6) is 5.88 Å². The van der Waals surface area contributed by atoms with Gasteiger partial charge in [0.25, 0.3) is 5.88 Å². The molecule has 238 valence electrons. The first-order valence-electron chi connectivity index (χ1n) is 14.2. The molecule has 0 bridgehead atoms. The second kappa shape index (κ2) is 13.1. The van der Waals surface area contributed by atoms with E-state index >= 15 is 13.2 Å². The molecule has 8 nitrogen and oxygen atoms in total. The molecular weight excluding hydrogens is 679 g/mol. The molecule has 3 aromatic heterocycles. The molecule has 4 heterocycles. The van der Waals surface area contributed by atoms with Crippen LogP contribution in [-0.4, -0.2) is 44.8 Å². The minimum absolute atomic E-state index is 0.0101. The SMILES string of the molecule is CCOC(=O)c1cc(F)c2nc(Cc3cc(F)c(-c4ccc(F)c(OCc5ncc(Br)cc5F)n4)cc3F)n(C[C@@H]3CCO3)c2c1. The molecule has 5 aromatic rings. The summed E-state index contributed by atoms with van der Waals surface area (Å²) in [6.07, 6.45) is 1.65. The van der Waals surface area contributed by atoms with Gasteiger partial charge in [0.15, 0.2) is 11.6 Å². The average molecular weight is 703 g/mol. The first-order chi connectivity index (χ1) is 22.1. The molecule has 1 aliphatic heterocycles. The van der Waals surface area contributed by atoms with Gasteiger partial charge < -0.3 is 18.8 Å². The number of carbonyl (C=O) groups is 1. The van der Waals surface area contributed by atoms with Crippen molar-refractivity contribution >= 4 is 32.9 Å². The van der Waals surface area contributed by atoms with E-state index in [1.165, 1.54) is 18.3 Å². The highest BCUT2D eigenvalue weighted by Gasteiger charge is 2.25. The van der Waals surface area contributed by atoms with Gasteiger partial charge in [0.05, 0.1) is 36.0 Å². The Hall–Kier alpha value is -4.43. The maximum absolute atomic E-state index is 15.5. The van der Waals surface area contributed by atoms with Crippen LogP contribution in [-0.2, 0) is 29.0 Å². The normalized spacial score (nSPS) is 14.4. The molecule has 0 radical (unpaired) electrons. The van der Waals surface area contributed by atoms with Gasteiger partial charge in [-0.3, -0.25) is 4.98 Å². The van der Waals surface area contributed by atoms with Gasteiger partial charge in [-0.25, -0.2) is 36.7 Å². The molecule has 0 unspecified atom stereocenters. The van der Waals surface area contributed by atoms with E-state index in [0.717, 1.165) is 36.8 Å². The van der Waals surface area contributed by atoms with Crippen LogP contribution < -0.4 is 4.74 Å². The number of aromatic nitrogens is 4. The summed E-state index contributed by atoms with van der Waals surface area (Å²) in [4.78, 5) is 24.6. The van der Waals surface area contributed by atoms with Gasteiger partial charge in [-0.05, 0) is 77.3 Å². The van der Waals surface area contributed by atoms with Crippen LogP contribution in [0.3, 0.4) is 0 Å². The van der Waals surface area contributed by atoms with E-state index in [1.54, 1.807) is 11.5 Å². The Morgan fingerprint density at radius 1 is 1.00 bits per heavy atom. The number of pyridine rings is 2. The highest BCUT2D eigenvalue weighted by atomic mass is 79.9. The molecule has 0 N–H and O–H groups in total. The van der Waals surface area contributed by atoms with E-state index in [4.69, 9.17) is 14.2 Å². The smallest absolute Gasteiger partial charge is 0.338 e. The summed E-state index contributed by atoms with van der Waals surface area (Å²) in [6.45, 7) is 2.08. The fourth-order valence-corrected chi connectivity index (χ4v) is 5.29. The van der Waals surface area contributed by atoms with Crippen molar-refractivity contribution in [3.05, 3.63) is 105 Å².